The first-order valence-electron chi connectivity index (χ1n) is 9.93. The molecule has 3 rings (SSSR count). The van der Waals surface area contributed by atoms with Crippen LogP contribution in [0.2, 0.25) is 5.02 Å². The van der Waals surface area contributed by atoms with Crippen molar-refractivity contribution < 1.29 is 23.9 Å². The van der Waals surface area contributed by atoms with E-state index in [1.807, 2.05) is 0 Å². The lowest BCUT2D eigenvalue weighted by Crippen LogP contribution is -2.33. The second-order valence-corrected chi connectivity index (χ2v) is 7.20. The highest BCUT2D eigenvalue weighted by Crippen LogP contribution is 2.22. The first-order chi connectivity index (χ1) is 16.4. The second-order valence-electron chi connectivity index (χ2n) is 6.77. The molecule has 9 nitrogen and oxygen atoms in total. The monoisotopic (exact) mass is 480 g/mol. The average molecular weight is 481 g/mol. The summed E-state index contributed by atoms with van der Waals surface area (Å²) in [5.74, 6) is -1.42. The Morgan fingerprint density at radius 2 is 1.62 bits per heavy atom. The average Bonchev–Trinajstić information content (AvgIpc) is 2.85. The van der Waals surface area contributed by atoms with Crippen LogP contribution in [0.1, 0.15) is 15.9 Å². The number of carbonyl (C=O) groups excluding carboxylic acids is 3. The maximum absolute atomic E-state index is 12.7. The van der Waals surface area contributed by atoms with Gasteiger partial charge in [-0.15, -0.1) is 0 Å². The van der Waals surface area contributed by atoms with E-state index in [-0.39, 0.29) is 11.3 Å². The number of para-hydroxylation sites is 1. The second kappa shape index (κ2) is 11.5. The number of methoxy groups -OCH3 is 2. The number of anilines is 2. The number of rotatable bonds is 7. The lowest BCUT2D eigenvalue weighted by Gasteiger charge is -2.11. The molecule has 0 spiro atoms. The summed E-state index contributed by atoms with van der Waals surface area (Å²) in [5.41, 5.74) is 3.53. The van der Waals surface area contributed by atoms with E-state index in [2.05, 4.69) is 21.2 Å². The van der Waals surface area contributed by atoms with Crippen LogP contribution in [0.4, 0.5) is 11.4 Å². The van der Waals surface area contributed by atoms with Gasteiger partial charge >= 0.3 is 11.8 Å². The summed E-state index contributed by atoms with van der Waals surface area (Å²) in [6.07, 6.45) is 1.32. The fourth-order valence-corrected chi connectivity index (χ4v) is 2.98. The molecule has 0 atom stereocenters. The van der Waals surface area contributed by atoms with E-state index in [4.69, 9.17) is 21.1 Å². The molecule has 0 heterocycles. The van der Waals surface area contributed by atoms with E-state index in [1.54, 1.807) is 54.6 Å². The predicted octanol–water partition coefficient (Wildman–Crippen LogP) is 3.70. The number of amides is 3. The Kier molecular flexibility index (Phi) is 8.20. The van der Waals surface area contributed by atoms with Gasteiger partial charge in [0, 0.05) is 16.3 Å². The summed E-state index contributed by atoms with van der Waals surface area (Å²) >= 11 is 5.86. The Morgan fingerprint density at radius 3 is 2.32 bits per heavy atom. The highest BCUT2D eigenvalue weighted by Gasteiger charge is 2.18. The molecule has 3 N–H and O–H groups in total. The molecule has 0 saturated heterocycles. The normalized spacial score (nSPS) is 10.4. The van der Waals surface area contributed by atoms with Crippen molar-refractivity contribution in [3.05, 3.63) is 82.9 Å². The first kappa shape index (κ1) is 24.3. The van der Waals surface area contributed by atoms with Gasteiger partial charge < -0.3 is 20.1 Å². The summed E-state index contributed by atoms with van der Waals surface area (Å²) in [6.45, 7) is 0. The van der Waals surface area contributed by atoms with Gasteiger partial charge in [0.05, 0.1) is 31.7 Å². The fourth-order valence-electron chi connectivity index (χ4n) is 2.85. The molecule has 0 unspecified atom stereocenters. The van der Waals surface area contributed by atoms with Gasteiger partial charge in [0.1, 0.15) is 11.5 Å². The van der Waals surface area contributed by atoms with Crippen LogP contribution in [-0.2, 0) is 9.59 Å². The van der Waals surface area contributed by atoms with Gasteiger partial charge in [0.2, 0.25) is 0 Å². The molecule has 0 saturated carbocycles. The van der Waals surface area contributed by atoms with Crippen LogP contribution in [0, 0.1) is 0 Å². The predicted molar refractivity (Wildman–Crippen MR) is 130 cm³/mol. The van der Waals surface area contributed by atoms with Crippen molar-refractivity contribution in [1.29, 1.82) is 0 Å². The molecule has 0 aliphatic rings. The molecule has 0 aliphatic heterocycles. The highest BCUT2D eigenvalue weighted by atomic mass is 35.5. The summed E-state index contributed by atoms with van der Waals surface area (Å²) in [4.78, 5) is 37.2. The molecule has 3 aromatic carbocycles. The number of nitrogens with zero attached hydrogens (tertiary/aromatic N) is 1. The Bertz CT molecular complexity index is 1230. The number of benzene rings is 3. The number of halogens is 1. The zero-order chi connectivity index (χ0) is 24.5. The quantitative estimate of drug-likeness (QED) is 0.271. The van der Waals surface area contributed by atoms with Crippen LogP contribution in [-0.4, -0.2) is 38.2 Å². The summed E-state index contributed by atoms with van der Waals surface area (Å²) in [7, 11) is 3.01. The SMILES string of the molecule is COc1ccc(OC)c(C=NNC(=O)C(=O)Nc2ccccc2C(=O)Nc2ccc(Cl)cc2)c1. The third-order valence-corrected chi connectivity index (χ3v) is 4.79. The van der Waals surface area contributed by atoms with Crippen molar-refractivity contribution in [2.75, 3.05) is 24.9 Å². The number of hydrogen-bond donors (Lipinski definition) is 3. The fraction of sp³-hybridized carbons (Fsp3) is 0.0833. The van der Waals surface area contributed by atoms with Crippen LogP contribution >= 0.6 is 11.6 Å². The third-order valence-electron chi connectivity index (χ3n) is 4.53. The Hall–Kier alpha value is -4.37. The molecule has 0 bridgehead atoms. The molecule has 0 radical (unpaired) electrons. The molecule has 0 aliphatic carbocycles. The Morgan fingerprint density at radius 1 is 0.882 bits per heavy atom. The molecule has 3 aromatic rings. The van der Waals surface area contributed by atoms with E-state index in [1.165, 1.54) is 32.6 Å². The minimum Gasteiger partial charge on any atom is -0.497 e. The minimum absolute atomic E-state index is 0.160. The Balaban J connectivity index is 1.65. The van der Waals surface area contributed by atoms with Crippen LogP contribution in [0.5, 0.6) is 11.5 Å². The van der Waals surface area contributed by atoms with Gasteiger partial charge in [0.15, 0.2) is 0 Å². The van der Waals surface area contributed by atoms with Gasteiger partial charge in [-0.05, 0) is 54.6 Å². The molecule has 34 heavy (non-hydrogen) atoms. The summed E-state index contributed by atoms with van der Waals surface area (Å²) < 4.78 is 10.4. The van der Waals surface area contributed by atoms with Crippen LogP contribution < -0.4 is 25.5 Å². The number of ether oxygens (including phenoxy) is 2. The lowest BCUT2D eigenvalue weighted by molar-refractivity contribution is -0.136. The zero-order valence-electron chi connectivity index (χ0n) is 18.3. The van der Waals surface area contributed by atoms with E-state index >= 15 is 0 Å². The first-order valence-corrected chi connectivity index (χ1v) is 10.3. The van der Waals surface area contributed by atoms with E-state index in [0.717, 1.165) is 0 Å². The van der Waals surface area contributed by atoms with Crippen molar-refractivity contribution in [1.82, 2.24) is 5.43 Å². The van der Waals surface area contributed by atoms with Crippen LogP contribution in [0.25, 0.3) is 0 Å². The minimum atomic E-state index is -1.02. The molecule has 174 valence electrons. The van der Waals surface area contributed by atoms with Crippen molar-refractivity contribution in [2.45, 2.75) is 0 Å². The van der Waals surface area contributed by atoms with Gasteiger partial charge in [-0.1, -0.05) is 23.7 Å². The highest BCUT2D eigenvalue weighted by molar-refractivity contribution is 6.40. The van der Waals surface area contributed by atoms with Gasteiger partial charge in [-0.25, -0.2) is 5.43 Å². The molecular weight excluding hydrogens is 460 g/mol. The van der Waals surface area contributed by atoms with Gasteiger partial charge in [0.25, 0.3) is 5.91 Å². The number of hydrogen-bond acceptors (Lipinski definition) is 6. The largest absolute Gasteiger partial charge is 0.497 e. The van der Waals surface area contributed by atoms with E-state index in [0.29, 0.717) is 27.8 Å². The van der Waals surface area contributed by atoms with Crippen molar-refractivity contribution in [3.63, 3.8) is 0 Å². The molecule has 0 fully saturated rings. The van der Waals surface area contributed by atoms with E-state index < -0.39 is 17.7 Å². The third kappa shape index (κ3) is 6.33. The number of nitrogens with one attached hydrogen (secondary N) is 3. The smallest absolute Gasteiger partial charge is 0.329 e. The standard InChI is InChI=1S/C24H21ClN4O5/c1-33-18-11-12-21(34-2)15(13-18)14-26-29-24(32)23(31)28-20-6-4-3-5-19(20)22(30)27-17-9-7-16(25)8-10-17/h3-14H,1-2H3,(H,27,30)(H,28,31)(H,29,32). The van der Waals surface area contributed by atoms with Crippen molar-refractivity contribution >= 4 is 46.9 Å². The molecule has 10 heteroatoms. The van der Waals surface area contributed by atoms with Crippen LogP contribution in [0.15, 0.2) is 71.8 Å². The number of carbonyl (C=O) groups is 3. The van der Waals surface area contributed by atoms with Gasteiger partial charge in [-0.3, -0.25) is 14.4 Å². The van der Waals surface area contributed by atoms with Crippen molar-refractivity contribution in [2.24, 2.45) is 5.10 Å². The maximum Gasteiger partial charge on any atom is 0.329 e. The Labute approximate surface area is 200 Å². The van der Waals surface area contributed by atoms with E-state index in [9.17, 15) is 14.4 Å². The van der Waals surface area contributed by atoms with Crippen LogP contribution in [0.3, 0.4) is 0 Å². The number of hydrazone groups is 1. The lowest BCUT2D eigenvalue weighted by atomic mass is 10.1. The van der Waals surface area contributed by atoms with Crippen molar-refractivity contribution in [3.8, 4) is 11.5 Å². The zero-order valence-corrected chi connectivity index (χ0v) is 19.1. The van der Waals surface area contributed by atoms with Gasteiger partial charge in [-0.2, -0.15) is 5.10 Å². The molecule has 3 amide bonds. The molecule has 0 aromatic heterocycles. The summed E-state index contributed by atoms with van der Waals surface area (Å²) in [5, 5.41) is 9.46. The topological polar surface area (TPSA) is 118 Å². The summed E-state index contributed by atoms with van der Waals surface area (Å²) in [6, 6.07) is 17.9. The maximum atomic E-state index is 12.7. The molecular formula is C24H21ClN4O5.